The van der Waals surface area contributed by atoms with E-state index >= 15 is 0 Å². The number of nitrogens with zero attached hydrogens (tertiary/aromatic N) is 3. The van der Waals surface area contributed by atoms with Crippen LogP contribution in [0.25, 0.3) is 11.4 Å². The van der Waals surface area contributed by atoms with Gasteiger partial charge in [0.1, 0.15) is 0 Å². The molecule has 0 atom stereocenters. The molecule has 2 aromatic rings. The molecule has 6 nitrogen and oxygen atoms in total. The standard InChI is InChI=1S/C21H30N4O2/c1-3-8-17(9-4-2)20(26)22-14-15-24-21(27)25(18-12-13-18)19(23-24)16-10-6-5-7-11-16/h5-7,10-11,17-18H,3-4,8-9,12-15H2,1-2H3,(H,22,26). The average Bonchev–Trinajstić information content (AvgIpc) is 3.46. The predicted molar refractivity (Wildman–Crippen MR) is 107 cm³/mol. The maximum Gasteiger partial charge on any atom is 0.346 e. The van der Waals surface area contributed by atoms with Crippen molar-refractivity contribution in [2.75, 3.05) is 6.54 Å². The van der Waals surface area contributed by atoms with Gasteiger partial charge in [0.15, 0.2) is 5.82 Å². The third-order valence-electron chi connectivity index (χ3n) is 5.08. The summed E-state index contributed by atoms with van der Waals surface area (Å²) in [6.45, 7) is 5.03. The van der Waals surface area contributed by atoms with E-state index in [2.05, 4.69) is 24.3 Å². The monoisotopic (exact) mass is 370 g/mol. The van der Waals surface area contributed by atoms with Gasteiger partial charge in [-0.15, -0.1) is 5.10 Å². The normalized spacial score (nSPS) is 13.9. The van der Waals surface area contributed by atoms with Crippen LogP contribution in [0.1, 0.15) is 58.4 Å². The van der Waals surface area contributed by atoms with Crippen LogP contribution in [0.4, 0.5) is 0 Å². The van der Waals surface area contributed by atoms with Gasteiger partial charge in [-0.1, -0.05) is 57.0 Å². The van der Waals surface area contributed by atoms with Crippen LogP contribution in [0, 0.1) is 5.92 Å². The van der Waals surface area contributed by atoms with Crippen LogP contribution >= 0.6 is 0 Å². The Morgan fingerprint density at radius 2 is 1.85 bits per heavy atom. The van der Waals surface area contributed by atoms with E-state index in [0.717, 1.165) is 49.9 Å². The summed E-state index contributed by atoms with van der Waals surface area (Å²) >= 11 is 0. The van der Waals surface area contributed by atoms with Crippen LogP contribution in [0.5, 0.6) is 0 Å². The summed E-state index contributed by atoms with van der Waals surface area (Å²) in [6, 6.07) is 10.1. The van der Waals surface area contributed by atoms with Crippen molar-refractivity contribution in [2.24, 2.45) is 5.92 Å². The second-order valence-corrected chi connectivity index (χ2v) is 7.36. The number of rotatable bonds is 10. The largest absolute Gasteiger partial charge is 0.354 e. The summed E-state index contributed by atoms with van der Waals surface area (Å²) in [6.07, 6.45) is 5.88. The van der Waals surface area contributed by atoms with Gasteiger partial charge >= 0.3 is 5.69 Å². The van der Waals surface area contributed by atoms with Crippen molar-refractivity contribution >= 4 is 5.91 Å². The number of hydrogen-bond donors (Lipinski definition) is 1. The van der Waals surface area contributed by atoms with E-state index in [1.165, 1.54) is 4.68 Å². The number of amides is 1. The zero-order chi connectivity index (χ0) is 19.2. The first-order valence-corrected chi connectivity index (χ1v) is 10.2. The number of nitrogens with one attached hydrogen (secondary N) is 1. The van der Waals surface area contributed by atoms with Crippen molar-refractivity contribution in [3.63, 3.8) is 0 Å². The van der Waals surface area contributed by atoms with Gasteiger partial charge in [0, 0.05) is 24.1 Å². The highest BCUT2D eigenvalue weighted by atomic mass is 16.2. The Hall–Kier alpha value is -2.37. The van der Waals surface area contributed by atoms with E-state index < -0.39 is 0 Å². The molecule has 1 aromatic heterocycles. The minimum atomic E-state index is -0.0794. The van der Waals surface area contributed by atoms with Crippen molar-refractivity contribution in [3.05, 3.63) is 40.8 Å². The topological polar surface area (TPSA) is 68.9 Å². The lowest BCUT2D eigenvalue weighted by molar-refractivity contribution is -0.125. The summed E-state index contributed by atoms with van der Waals surface area (Å²) < 4.78 is 3.31. The number of carbonyl (C=O) groups is 1. The fraction of sp³-hybridized carbons (Fsp3) is 0.571. The second-order valence-electron chi connectivity index (χ2n) is 7.36. The smallest absolute Gasteiger partial charge is 0.346 e. The molecule has 1 aliphatic rings. The summed E-state index contributed by atoms with van der Waals surface area (Å²) in [4.78, 5) is 25.2. The highest BCUT2D eigenvalue weighted by molar-refractivity contribution is 5.78. The van der Waals surface area contributed by atoms with Crippen molar-refractivity contribution in [1.29, 1.82) is 0 Å². The van der Waals surface area contributed by atoms with Crippen LogP contribution in [0.3, 0.4) is 0 Å². The molecule has 1 fully saturated rings. The maximum atomic E-state index is 12.8. The lowest BCUT2D eigenvalue weighted by atomic mass is 9.97. The van der Waals surface area contributed by atoms with E-state index in [1.807, 2.05) is 34.9 Å². The molecule has 0 aliphatic heterocycles. The van der Waals surface area contributed by atoms with Gasteiger partial charge in [0.25, 0.3) is 0 Å². The van der Waals surface area contributed by atoms with E-state index in [9.17, 15) is 9.59 Å². The Kier molecular flexibility index (Phi) is 6.48. The average molecular weight is 370 g/mol. The third-order valence-corrected chi connectivity index (χ3v) is 5.08. The van der Waals surface area contributed by atoms with Gasteiger partial charge < -0.3 is 5.32 Å². The highest BCUT2D eigenvalue weighted by Gasteiger charge is 2.30. The Morgan fingerprint density at radius 1 is 1.19 bits per heavy atom. The summed E-state index contributed by atoms with van der Waals surface area (Å²) in [5.74, 6) is 0.890. The van der Waals surface area contributed by atoms with E-state index in [0.29, 0.717) is 13.1 Å². The molecule has 1 aliphatic carbocycles. The van der Waals surface area contributed by atoms with Crippen LogP contribution in [0.2, 0.25) is 0 Å². The quantitative estimate of drug-likeness (QED) is 0.697. The maximum absolute atomic E-state index is 12.8. The van der Waals surface area contributed by atoms with Gasteiger partial charge in [-0.05, 0) is 25.7 Å². The highest BCUT2D eigenvalue weighted by Crippen LogP contribution is 2.36. The zero-order valence-electron chi connectivity index (χ0n) is 16.4. The molecule has 6 heteroatoms. The Balaban J connectivity index is 1.69. The number of aromatic nitrogens is 3. The third kappa shape index (κ3) is 4.67. The Bertz CT molecular complexity index is 799. The molecular weight excluding hydrogens is 340 g/mol. The second kappa shape index (κ2) is 9.02. The molecule has 1 saturated carbocycles. The van der Waals surface area contributed by atoms with Gasteiger partial charge in [-0.25, -0.2) is 9.48 Å². The fourth-order valence-corrected chi connectivity index (χ4v) is 3.54. The van der Waals surface area contributed by atoms with Crippen molar-refractivity contribution in [2.45, 2.75) is 65.0 Å². The Morgan fingerprint density at radius 3 is 2.44 bits per heavy atom. The predicted octanol–water partition coefficient (Wildman–Crippen LogP) is 3.38. The SMILES string of the molecule is CCCC(CCC)C(=O)NCCn1nc(-c2ccccc2)n(C2CC2)c1=O. The van der Waals surface area contributed by atoms with E-state index in [1.54, 1.807) is 0 Å². The first-order valence-electron chi connectivity index (χ1n) is 10.2. The molecular formula is C21H30N4O2. The van der Waals surface area contributed by atoms with Crippen molar-refractivity contribution in [3.8, 4) is 11.4 Å². The number of benzene rings is 1. The van der Waals surface area contributed by atoms with Crippen LogP contribution in [0.15, 0.2) is 35.1 Å². The summed E-state index contributed by atoms with van der Waals surface area (Å²) in [5, 5.41) is 7.56. The zero-order valence-corrected chi connectivity index (χ0v) is 16.4. The van der Waals surface area contributed by atoms with Crippen LogP contribution in [-0.4, -0.2) is 26.8 Å². The molecule has 1 heterocycles. The van der Waals surface area contributed by atoms with E-state index in [-0.39, 0.29) is 23.6 Å². The first-order chi connectivity index (χ1) is 13.2. The lowest BCUT2D eigenvalue weighted by Crippen LogP contribution is -2.35. The molecule has 0 radical (unpaired) electrons. The first kappa shape index (κ1) is 19.4. The van der Waals surface area contributed by atoms with Crippen LogP contribution in [-0.2, 0) is 11.3 Å². The molecule has 27 heavy (non-hydrogen) atoms. The molecule has 3 rings (SSSR count). The summed E-state index contributed by atoms with van der Waals surface area (Å²) in [5.41, 5.74) is 0.875. The number of carbonyl (C=O) groups excluding carboxylic acids is 1. The molecule has 1 N–H and O–H groups in total. The van der Waals surface area contributed by atoms with Gasteiger partial charge in [-0.3, -0.25) is 9.36 Å². The minimum Gasteiger partial charge on any atom is -0.354 e. The van der Waals surface area contributed by atoms with Crippen molar-refractivity contribution < 1.29 is 4.79 Å². The van der Waals surface area contributed by atoms with Gasteiger partial charge in [0.05, 0.1) is 6.54 Å². The molecule has 0 spiro atoms. The van der Waals surface area contributed by atoms with Gasteiger partial charge in [0.2, 0.25) is 5.91 Å². The molecule has 146 valence electrons. The Labute approximate surface area is 160 Å². The van der Waals surface area contributed by atoms with Crippen molar-refractivity contribution in [1.82, 2.24) is 19.7 Å². The summed E-state index contributed by atoms with van der Waals surface area (Å²) in [7, 11) is 0. The fourth-order valence-electron chi connectivity index (χ4n) is 3.54. The number of hydrogen-bond acceptors (Lipinski definition) is 3. The van der Waals surface area contributed by atoms with Gasteiger partial charge in [-0.2, -0.15) is 0 Å². The molecule has 0 unspecified atom stereocenters. The molecule has 0 saturated heterocycles. The molecule has 0 bridgehead atoms. The molecule has 1 aromatic carbocycles. The lowest BCUT2D eigenvalue weighted by Gasteiger charge is -2.14. The van der Waals surface area contributed by atoms with Crippen LogP contribution < -0.4 is 11.0 Å². The molecule has 1 amide bonds. The minimum absolute atomic E-state index is 0.0700. The van der Waals surface area contributed by atoms with E-state index in [4.69, 9.17) is 0 Å².